The predicted molar refractivity (Wildman–Crippen MR) is 54.7 cm³/mol. The van der Waals surface area contributed by atoms with Crippen LogP contribution in [0.2, 0.25) is 0 Å². The Bertz CT molecular complexity index is 350. The lowest BCUT2D eigenvalue weighted by molar-refractivity contribution is -0.00260. The van der Waals surface area contributed by atoms with Crippen molar-refractivity contribution in [3.8, 4) is 0 Å². The molecule has 0 radical (unpaired) electrons. The van der Waals surface area contributed by atoms with Gasteiger partial charge in [0.15, 0.2) is 0 Å². The summed E-state index contributed by atoms with van der Waals surface area (Å²) in [5.41, 5.74) is 6.08. The minimum Gasteiger partial charge on any atom is -0.373 e. The maximum Gasteiger partial charge on any atom is 0.146 e. The molecular weight excluding hydrogens is 195 g/mol. The molecule has 0 amide bonds. The van der Waals surface area contributed by atoms with Gasteiger partial charge in [0.05, 0.1) is 17.8 Å². The molecule has 2 N–H and O–H groups in total. The molecule has 1 aromatic heterocycles. The highest BCUT2D eigenvalue weighted by molar-refractivity contribution is 5.20. The highest BCUT2D eigenvalue weighted by atomic mass is 19.1. The summed E-state index contributed by atoms with van der Waals surface area (Å²) in [5.74, 6) is -0.360. The third-order valence-electron chi connectivity index (χ3n) is 3.05. The summed E-state index contributed by atoms with van der Waals surface area (Å²) >= 11 is 0. The molecule has 2 atom stereocenters. The number of aromatic nitrogens is 1. The van der Waals surface area contributed by atoms with Crippen molar-refractivity contribution >= 4 is 0 Å². The van der Waals surface area contributed by atoms with Crippen molar-refractivity contribution in [3.63, 3.8) is 0 Å². The van der Waals surface area contributed by atoms with Gasteiger partial charge in [-0.15, -0.1) is 0 Å². The van der Waals surface area contributed by atoms with E-state index in [9.17, 15) is 4.39 Å². The predicted octanol–water partition coefficient (Wildman–Crippen LogP) is 1.79. The van der Waals surface area contributed by atoms with Crippen LogP contribution in [0.25, 0.3) is 0 Å². The Balaban J connectivity index is 2.27. The molecular formula is C11H15FN2O. The third-order valence-corrected chi connectivity index (χ3v) is 3.05. The first-order chi connectivity index (χ1) is 7.13. The van der Waals surface area contributed by atoms with Crippen molar-refractivity contribution < 1.29 is 9.13 Å². The van der Waals surface area contributed by atoms with Crippen molar-refractivity contribution in [3.05, 3.63) is 29.8 Å². The highest BCUT2D eigenvalue weighted by Gasteiger charge is 2.38. The number of rotatable bonds is 2. The van der Waals surface area contributed by atoms with Crippen LogP contribution in [0.15, 0.2) is 18.5 Å². The summed E-state index contributed by atoms with van der Waals surface area (Å²) in [7, 11) is 0. The molecule has 0 spiro atoms. The molecule has 3 nitrogen and oxygen atoms in total. The van der Waals surface area contributed by atoms with Crippen LogP contribution in [0.3, 0.4) is 0 Å². The highest BCUT2D eigenvalue weighted by Crippen LogP contribution is 2.36. The third kappa shape index (κ3) is 1.87. The lowest BCUT2D eigenvalue weighted by Crippen LogP contribution is -2.38. The van der Waals surface area contributed by atoms with Crippen LogP contribution in [-0.2, 0) is 4.74 Å². The topological polar surface area (TPSA) is 48.1 Å². The maximum atomic E-state index is 13.5. The smallest absolute Gasteiger partial charge is 0.146 e. The van der Waals surface area contributed by atoms with Gasteiger partial charge in [-0.1, -0.05) is 0 Å². The van der Waals surface area contributed by atoms with E-state index in [-0.39, 0.29) is 5.82 Å². The van der Waals surface area contributed by atoms with Gasteiger partial charge in [0.25, 0.3) is 0 Å². The van der Waals surface area contributed by atoms with Crippen LogP contribution >= 0.6 is 0 Å². The summed E-state index contributed by atoms with van der Waals surface area (Å²) in [4.78, 5) is 3.71. The van der Waals surface area contributed by atoms with Crippen LogP contribution in [0.1, 0.15) is 31.4 Å². The van der Waals surface area contributed by atoms with Crippen LogP contribution < -0.4 is 5.73 Å². The lowest BCUT2D eigenvalue weighted by atomic mass is 9.89. The van der Waals surface area contributed by atoms with Gasteiger partial charge in [0, 0.05) is 18.4 Å². The summed E-state index contributed by atoms with van der Waals surface area (Å²) in [6.45, 7) is 2.64. The van der Waals surface area contributed by atoms with Crippen LogP contribution in [0.5, 0.6) is 0 Å². The lowest BCUT2D eigenvalue weighted by Gasteiger charge is -2.30. The molecule has 1 aliphatic heterocycles. The first-order valence-corrected chi connectivity index (χ1v) is 5.12. The van der Waals surface area contributed by atoms with Gasteiger partial charge in [0.1, 0.15) is 5.82 Å². The van der Waals surface area contributed by atoms with Gasteiger partial charge < -0.3 is 10.5 Å². The van der Waals surface area contributed by atoms with E-state index in [4.69, 9.17) is 10.5 Å². The van der Waals surface area contributed by atoms with E-state index in [1.165, 1.54) is 6.20 Å². The number of ether oxygens (including phenoxy) is 1. The molecule has 2 heterocycles. The van der Waals surface area contributed by atoms with Gasteiger partial charge in [-0.3, -0.25) is 4.98 Å². The molecule has 0 aliphatic carbocycles. The van der Waals surface area contributed by atoms with Gasteiger partial charge in [0.2, 0.25) is 0 Å². The van der Waals surface area contributed by atoms with E-state index < -0.39 is 11.6 Å². The van der Waals surface area contributed by atoms with E-state index in [1.807, 2.05) is 6.92 Å². The van der Waals surface area contributed by atoms with Crippen LogP contribution in [0, 0.1) is 5.82 Å². The summed E-state index contributed by atoms with van der Waals surface area (Å²) in [6.07, 6.45) is 4.59. The molecule has 82 valence electrons. The zero-order valence-corrected chi connectivity index (χ0v) is 8.74. The van der Waals surface area contributed by atoms with E-state index in [2.05, 4.69) is 4.98 Å². The number of halogens is 1. The fraction of sp³-hybridized carbons (Fsp3) is 0.545. The number of nitrogens with zero attached hydrogens (tertiary/aromatic N) is 1. The number of pyridine rings is 1. The zero-order chi connectivity index (χ0) is 10.9. The Morgan fingerprint density at radius 1 is 1.67 bits per heavy atom. The average Bonchev–Trinajstić information content (AvgIpc) is 2.66. The quantitative estimate of drug-likeness (QED) is 0.809. The Morgan fingerprint density at radius 2 is 2.47 bits per heavy atom. The molecule has 0 bridgehead atoms. The second kappa shape index (κ2) is 3.87. The molecule has 0 saturated carbocycles. The Labute approximate surface area is 88.5 Å². The number of nitrogens with two attached hydrogens (primary N) is 1. The molecule has 4 heteroatoms. The molecule has 2 rings (SSSR count). The van der Waals surface area contributed by atoms with Crippen LogP contribution in [0.4, 0.5) is 4.39 Å². The van der Waals surface area contributed by atoms with Gasteiger partial charge in [-0.2, -0.15) is 0 Å². The van der Waals surface area contributed by atoms with Crippen molar-refractivity contribution in [1.82, 2.24) is 4.98 Å². The van der Waals surface area contributed by atoms with E-state index in [1.54, 1.807) is 12.3 Å². The number of hydrogen-bond donors (Lipinski definition) is 1. The number of hydrogen-bond acceptors (Lipinski definition) is 3. The molecule has 1 saturated heterocycles. The Morgan fingerprint density at radius 3 is 3.07 bits per heavy atom. The second-order valence-electron chi connectivity index (χ2n) is 4.14. The van der Waals surface area contributed by atoms with Crippen LogP contribution in [-0.4, -0.2) is 17.2 Å². The van der Waals surface area contributed by atoms with Crippen molar-refractivity contribution in [2.75, 3.05) is 6.61 Å². The average molecular weight is 210 g/mol. The van der Waals surface area contributed by atoms with E-state index in [0.717, 1.165) is 12.8 Å². The summed E-state index contributed by atoms with van der Waals surface area (Å²) < 4.78 is 19.1. The molecule has 15 heavy (non-hydrogen) atoms. The normalized spacial score (nSPS) is 27.9. The van der Waals surface area contributed by atoms with Crippen molar-refractivity contribution in [1.29, 1.82) is 0 Å². The van der Waals surface area contributed by atoms with E-state index in [0.29, 0.717) is 12.2 Å². The fourth-order valence-electron chi connectivity index (χ4n) is 2.01. The summed E-state index contributed by atoms with van der Waals surface area (Å²) in [6, 6.07) is 1.19. The minimum absolute atomic E-state index is 0.360. The van der Waals surface area contributed by atoms with E-state index >= 15 is 0 Å². The minimum atomic E-state index is -0.442. The van der Waals surface area contributed by atoms with Gasteiger partial charge in [-0.25, -0.2) is 4.39 Å². The zero-order valence-electron chi connectivity index (χ0n) is 8.74. The molecule has 1 fully saturated rings. The fourth-order valence-corrected chi connectivity index (χ4v) is 2.01. The Hall–Kier alpha value is -1.00. The SMILES string of the molecule is CC1(C(N)c2ccncc2F)CCCO1. The van der Waals surface area contributed by atoms with Crippen molar-refractivity contribution in [2.24, 2.45) is 5.73 Å². The second-order valence-corrected chi connectivity index (χ2v) is 4.14. The first-order valence-electron chi connectivity index (χ1n) is 5.12. The van der Waals surface area contributed by atoms with Gasteiger partial charge in [-0.05, 0) is 25.8 Å². The maximum absolute atomic E-state index is 13.5. The Kier molecular flexibility index (Phi) is 2.71. The molecule has 1 aliphatic rings. The summed E-state index contributed by atoms with van der Waals surface area (Å²) in [5, 5.41) is 0. The van der Waals surface area contributed by atoms with Gasteiger partial charge >= 0.3 is 0 Å². The monoisotopic (exact) mass is 210 g/mol. The van der Waals surface area contributed by atoms with Crippen molar-refractivity contribution in [2.45, 2.75) is 31.4 Å². The molecule has 1 aromatic rings. The standard InChI is InChI=1S/C11H15FN2O/c1-11(4-2-6-15-11)10(13)8-3-5-14-7-9(8)12/h3,5,7,10H,2,4,6,13H2,1H3. The molecule has 0 aromatic carbocycles. The largest absolute Gasteiger partial charge is 0.373 e. The molecule has 2 unspecified atom stereocenters. The first kappa shape index (κ1) is 10.5.